The molecule has 2 aromatic rings. The second-order valence-corrected chi connectivity index (χ2v) is 9.41. The van der Waals surface area contributed by atoms with Gasteiger partial charge in [0.15, 0.2) is 0 Å². The summed E-state index contributed by atoms with van der Waals surface area (Å²) in [6, 6.07) is 13.2. The van der Waals surface area contributed by atoms with Crippen molar-refractivity contribution in [2.24, 2.45) is 0 Å². The van der Waals surface area contributed by atoms with Crippen LogP contribution in [0.5, 0.6) is 0 Å². The van der Waals surface area contributed by atoms with Crippen molar-refractivity contribution in [1.82, 2.24) is 9.62 Å². The molecular weight excluding hydrogens is 416 g/mol. The maximum absolute atomic E-state index is 12.8. The Hall–Kier alpha value is -2.91. The number of carbonyl (C=O) groups excluding carboxylic acids is 2. The molecule has 1 saturated heterocycles. The van der Waals surface area contributed by atoms with Gasteiger partial charge < -0.3 is 15.1 Å². The van der Waals surface area contributed by atoms with E-state index in [1.54, 1.807) is 11.8 Å². The number of piperazine rings is 1. The average Bonchev–Trinajstić information content (AvgIpc) is 2.73. The minimum Gasteiger partial charge on any atom is -0.368 e. The molecule has 0 saturated carbocycles. The molecule has 0 spiro atoms. The Morgan fingerprint density at radius 3 is 2.23 bits per heavy atom. The number of anilines is 2. The molecule has 2 amide bonds. The summed E-state index contributed by atoms with van der Waals surface area (Å²) in [5.74, 6) is -0.488. The third-order valence-corrected chi connectivity index (χ3v) is 6.70. The van der Waals surface area contributed by atoms with E-state index in [1.165, 1.54) is 36.8 Å². The predicted molar refractivity (Wildman–Crippen MR) is 121 cm³/mol. The Morgan fingerprint density at radius 1 is 1.00 bits per heavy atom. The fourth-order valence-corrected chi connectivity index (χ4v) is 4.75. The first-order chi connectivity index (χ1) is 14.7. The second-order valence-electron chi connectivity index (χ2n) is 7.70. The second kappa shape index (κ2) is 9.49. The van der Waals surface area contributed by atoms with Crippen LogP contribution in [0.15, 0.2) is 53.4 Å². The van der Waals surface area contributed by atoms with E-state index in [-0.39, 0.29) is 16.7 Å². The van der Waals surface area contributed by atoms with Crippen LogP contribution in [0.1, 0.15) is 19.4 Å². The largest absolute Gasteiger partial charge is 0.368 e. The lowest BCUT2D eigenvalue weighted by molar-refractivity contribution is -0.132. The molecule has 1 aliphatic rings. The van der Waals surface area contributed by atoms with Gasteiger partial charge in [0.25, 0.3) is 0 Å². The molecule has 166 valence electrons. The molecule has 8 nitrogen and oxygen atoms in total. The van der Waals surface area contributed by atoms with Gasteiger partial charge in [-0.3, -0.25) is 9.59 Å². The van der Waals surface area contributed by atoms with Crippen molar-refractivity contribution >= 4 is 33.2 Å². The van der Waals surface area contributed by atoms with Gasteiger partial charge >= 0.3 is 0 Å². The van der Waals surface area contributed by atoms with Gasteiger partial charge in [-0.1, -0.05) is 12.1 Å². The number of amides is 2. The summed E-state index contributed by atoms with van der Waals surface area (Å²) in [7, 11) is -3.87. The number of hydrogen-bond donors (Lipinski definition) is 2. The summed E-state index contributed by atoms with van der Waals surface area (Å²) < 4.78 is 27.8. The Bertz CT molecular complexity index is 1050. The molecule has 1 heterocycles. The summed E-state index contributed by atoms with van der Waals surface area (Å²) in [4.78, 5) is 27.9. The van der Waals surface area contributed by atoms with Crippen molar-refractivity contribution in [3.8, 4) is 0 Å². The fraction of sp³-hybridized carbons (Fsp3) is 0.364. The highest BCUT2D eigenvalue weighted by Gasteiger charge is 2.28. The highest BCUT2D eigenvalue weighted by atomic mass is 32.2. The molecule has 2 aromatic carbocycles. The van der Waals surface area contributed by atoms with Crippen LogP contribution in [0, 0.1) is 6.92 Å². The number of nitrogens with zero attached hydrogens (tertiary/aromatic N) is 2. The number of hydrogen-bond acceptors (Lipinski definition) is 5. The zero-order valence-electron chi connectivity index (χ0n) is 18.0. The van der Waals surface area contributed by atoms with Crippen LogP contribution in [0.4, 0.5) is 11.4 Å². The van der Waals surface area contributed by atoms with E-state index in [9.17, 15) is 18.0 Å². The zero-order valence-corrected chi connectivity index (χ0v) is 18.8. The lowest BCUT2D eigenvalue weighted by Gasteiger charge is -2.37. The maximum Gasteiger partial charge on any atom is 0.241 e. The lowest BCUT2D eigenvalue weighted by atomic mass is 10.2. The van der Waals surface area contributed by atoms with E-state index < -0.39 is 16.1 Å². The van der Waals surface area contributed by atoms with Crippen LogP contribution >= 0.6 is 0 Å². The first-order valence-electron chi connectivity index (χ1n) is 10.2. The van der Waals surface area contributed by atoms with Crippen molar-refractivity contribution in [2.75, 3.05) is 36.4 Å². The van der Waals surface area contributed by atoms with Gasteiger partial charge in [-0.05, 0) is 55.8 Å². The zero-order chi connectivity index (χ0) is 22.6. The molecule has 0 bridgehead atoms. The van der Waals surface area contributed by atoms with E-state index in [0.717, 1.165) is 5.69 Å². The molecule has 31 heavy (non-hydrogen) atoms. The first kappa shape index (κ1) is 22.8. The maximum atomic E-state index is 12.8. The quantitative estimate of drug-likeness (QED) is 0.710. The molecule has 9 heteroatoms. The van der Waals surface area contributed by atoms with Gasteiger partial charge in [-0.2, -0.15) is 4.72 Å². The van der Waals surface area contributed by atoms with Gasteiger partial charge in [-0.15, -0.1) is 0 Å². The van der Waals surface area contributed by atoms with E-state index in [1.807, 2.05) is 19.1 Å². The van der Waals surface area contributed by atoms with Crippen molar-refractivity contribution in [3.63, 3.8) is 0 Å². The monoisotopic (exact) mass is 444 g/mol. The standard InChI is InChI=1S/C22H28N4O4S/c1-16-5-4-6-20(15-16)25-11-13-26(14-12-25)22(28)17(2)24-31(29,30)21-9-7-19(8-10-21)23-18(3)27/h4-10,15,17,24H,11-14H2,1-3H3,(H,23,27)/t17-/m0/s1. The van der Waals surface area contributed by atoms with Crippen LogP contribution in [-0.4, -0.2) is 57.4 Å². The molecule has 3 rings (SSSR count). The van der Waals surface area contributed by atoms with Crippen LogP contribution in [0.2, 0.25) is 0 Å². The Labute approximate surface area is 183 Å². The molecular formula is C22H28N4O4S. The third kappa shape index (κ3) is 5.83. The van der Waals surface area contributed by atoms with E-state index in [4.69, 9.17) is 0 Å². The summed E-state index contributed by atoms with van der Waals surface area (Å²) in [5, 5.41) is 2.58. The van der Waals surface area contributed by atoms with Gasteiger partial charge in [0, 0.05) is 44.5 Å². The molecule has 0 aromatic heterocycles. The van der Waals surface area contributed by atoms with Crippen LogP contribution in [-0.2, 0) is 19.6 Å². The molecule has 1 aliphatic heterocycles. The van der Waals surface area contributed by atoms with Crippen LogP contribution in [0.25, 0.3) is 0 Å². The minimum atomic E-state index is -3.87. The Kier molecular flexibility index (Phi) is 6.97. The number of sulfonamides is 1. The van der Waals surface area contributed by atoms with Crippen molar-refractivity contribution < 1.29 is 18.0 Å². The number of carbonyl (C=O) groups is 2. The Balaban J connectivity index is 1.58. The van der Waals surface area contributed by atoms with Gasteiger partial charge in [-0.25, -0.2) is 8.42 Å². The molecule has 1 atom stereocenters. The number of benzene rings is 2. The lowest BCUT2D eigenvalue weighted by Crippen LogP contribution is -2.54. The third-order valence-electron chi connectivity index (χ3n) is 5.15. The smallest absolute Gasteiger partial charge is 0.241 e. The predicted octanol–water partition coefficient (Wildman–Crippen LogP) is 1.97. The van der Waals surface area contributed by atoms with E-state index >= 15 is 0 Å². The SMILES string of the molecule is CC(=O)Nc1ccc(S(=O)(=O)N[C@@H](C)C(=O)N2CCN(c3cccc(C)c3)CC2)cc1. The van der Waals surface area contributed by atoms with E-state index in [0.29, 0.717) is 31.9 Å². The first-order valence-corrected chi connectivity index (χ1v) is 11.6. The normalized spacial score (nSPS) is 15.5. The highest BCUT2D eigenvalue weighted by molar-refractivity contribution is 7.89. The minimum absolute atomic E-state index is 0.0329. The summed E-state index contributed by atoms with van der Waals surface area (Å²) in [6.45, 7) is 7.43. The van der Waals surface area contributed by atoms with E-state index in [2.05, 4.69) is 27.1 Å². The number of rotatable bonds is 6. The topological polar surface area (TPSA) is 98.8 Å². The summed E-state index contributed by atoms with van der Waals surface area (Å²) >= 11 is 0. The van der Waals surface area contributed by atoms with Gasteiger partial charge in [0.1, 0.15) is 0 Å². The molecule has 0 unspecified atom stereocenters. The number of aryl methyl sites for hydroxylation is 1. The molecule has 0 aliphatic carbocycles. The van der Waals surface area contributed by atoms with Crippen molar-refractivity contribution in [3.05, 3.63) is 54.1 Å². The molecule has 0 radical (unpaired) electrons. The highest BCUT2D eigenvalue weighted by Crippen LogP contribution is 2.19. The Morgan fingerprint density at radius 2 is 1.65 bits per heavy atom. The van der Waals surface area contributed by atoms with Gasteiger partial charge in [0.05, 0.1) is 10.9 Å². The molecule has 1 fully saturated rings. The summed E-state index contributed by atoms with van der Waals surface area (Å²) in [6.07, 6.45) is 0. The summed E-state index contributed by atoms with van der Waals surface area (Å²) in [5.41, 5.74) is 2.81. The van der Waals surface area contributed by atoms with Crippen molar-refractivity contribution in [1.29, 1.82) is 0 Å². The molecule has 2 N–H and O–H groups in total. The van der Waals surface area contributed by atoms with Gasteiger partial charge in [0.2, 0.25) is 21.8 Å². The van der Waals surface area contributed by atoms with Crippen LogP contribution < -0.4 is 14.9 Å². The fourth-order valence-electron chi connectivity index (χ4n) is 3.56. The average molecular weight is 445 g/mol. The van der Waals surface area contributed by atoms with Crippen LogP contribution in [0.3, 0.4) is 0 Å². The van der Waals surface area contributed by atoms with Crippen molar-refractivity contribution in [2.45, 2.75) is 31.7 Å². The number of nitrogens with one attached hydrogen (secondary N) is 2.